The summed E-state index contributed by atoms with van der Waals surface area (Å²) in [6.07, 6.45) is 0.238. The molecule has 0 aromatic rings. The van der Waals surface area contributed by atoms with Gasteiger partial charge < -0.3 is 10.8 Å². The first-order valence-electron chi connectivity index (χ1n) is 1.95. The quantitative estimate of drug-likeness (QED) is 0.472. The van der Waals surface area contributed by atoms with Crippen LogP contribution >= 0.6 is 0 Å². The van der Waals surface area contributed by atoms with Gasteiger partial charge in [0.25, 0.3) is 0 Å². The SMILES string of the molecule is C[CH][C@H](O)C(N)=O. The van der Waals surface area contributed by atoms with E-state index in [1.54, 1.807) is 6.92 Å². The second-order valence-electron chi connectivity index (χ2n) is 1.18. The van der Waals surface area contributed by atoms with E-state index in [0.29, 0.717) is 0 Å². The minimum absolute atomic E-state index is 0.706. The fraction of sp³-hybridized carbons (Fsp3) is 0.500. The minimum Gasteiger partial charge on any atom is -0.383 e. The van der Waals surface area contributed by atoms with Crippen LogP contribution in [0, 0.1) is 6.42 Å². The lowest BCUT2D eigenvalue weighted by molar-refractivity contribution is -0.124. The highest BCUT2D eigenvalue weighted by Gasteiger charge is 2.04. The normalized spacial score (nSPS) is 13.4. The van der Waals surface area contributed by atoms with Crippen LogP contribution in [0.4, 0.5) is 0 Å². The number of hydrogen-bond donors (Lipinski definition) is 2. The first-order valence-corrected chi connectivity index (χ1v) is 1.95. The molecule has 41 valence electrons. The predicted molar refractivity (Wildman–Crippen MR) is 25.2 cm³/mol. The van der Waals surface area contributed by atoms with E-state index in [1.165, 1.54) is 6.42 Å². The molecule has 0 fully saturated rings. The van der Waals surface area contributed by atoms with E-state index in [4.69, 9.17) is 5.11 Å². The first kappa shape index (κ1) is 6.43. The molecule has 7 heavy (non-hydrogen) atoms. The number of amides is 1. The molecule has 0 aromatic carbocycles. The fourth-order valence-corrected chi connectivity index (χ4v) is 0.164. The molecule has 3 nitrogen and oxygen atoms in total. The standard InChI is InChI=1S/C4H8NO2/c1-2-3(6)4(5)7/h2-3,6H,1H3,(H2,5,7)/t3-/m0/s1. The van der Waals surface area contributed by atoms with Gasteiger partial charge in [0.05, 0.1) is 0 Å². The molecule has 3 N–H and O–H groups in total. The zero-order valence-electron chi connectivity index (χ0n) is 4.09. The molecule has 0 saturated heterocycles. The Kier molecular flexibility index (Phi) is 2.37. The monoisotopic (exact) mass is 102 g/mol. The van der Waals surface area contributed by atoms with Crippen molar-refractivity contribution in [2.75, 3.05) is 0 Å². The van der Waals surface area contributed by atoms with Crippen molar-refractivity contribution in [3.63, 3.8) is 0 Å². The Labute approximate surface area is 42.1 Å². The van der Waals surface area contributed by atoms with E-state index < -0.39 is 12.0 Å². The smallest absolute Gasteiger partial charge is 0.246 e. The van der Waals surface area contributed by atoms with Gasteiger partial charge in [-0.25, -0.2) is 0 Å². The Balaban J connectivity index is 3.34. The van der Waals surface area contributed by atoms with Crippen molar-refractivity contribution in [1.29, 1.82) is 0 Å². The van der Waals surface area contributed by atoms with Gasteiger partial charge in [0, 0.05) is 0 Å². The van der Waals surface area contributed by atoms with Crippen molar-refractivity contribution in [2.45, 2.75) is 13.0 Å². The third-order valence-corrected chi connectivity index (χ3v) is 0.607. The van der Waals surface area contributed by atoms with E-state index in [1.807, 2.05) is 0 Å². The third kappa shape index (κ3) is 2.17. The molecule has 0 aliphatic carbocycles. The Bertz CT molecular complexity index is 72.1. The van der Waals surface area contributed by atoms with Crippen LogP contribution in [0.2, 0.25) is 0 Å². The number of rotatable bonds is 2. The van der Waals surface area contributed by atoms with Crippen molar-refractivity contribution < 1.29 is 9.90 Å². The van der Waals surface area contributed by atoms with Crippen LogP contribution in [0.1, 0.15) is 6.92 Å². The van der Waals surface area contributed by atoms with E-state index in [-0.39, 0.29) is 0 Å². The number of carbonyl (C=O) groups excluding carboxylic acids is 1. The zero-order valence-corrected chi connectivity index (χ0v) is 4.09. The summed E-state index contributed by atoms with van der Waals surface area (Å²) < 4.78 is 0. The maximum absolute atomic E-state index is 9.87. The Morgan fingerprint density at radius 2 is 2.43 bits per heavy atom. The van der Waals surface area contributed by atoms with Crippen LogP contribution in [-0.2, 0) is 4.79 Å². The first-order chi connectivity index (χ1) is 3.18. The van der Waals surface area contributed by atoms with E-state index in [2.05, 4.69) is 5.73 Å². The van der Waals surface area contributed by atoms with Crippen LogP contribution in [0.15, 0.2) is 0 Å². The van der Waals surface area contributed by atoms with Gasteiger partial charge in [-0.2, -0.15) is 0 Å². The molecule has 1 amide bonds. The summed E-state index contributed by atoms with van der Waals surface area (Å²) in [7, 11) is 0. The molecule has 1 atom stereocenters. The topological polar surface area (TPSA) is 63.3 Å². The van der Waals surface area contributed by atoms with Gasteiger partial charge in [-0.3, -0.25) is 4.79 Å². The number of hydrogen-bond acceptors (Lipinski definition) is 2. The summed E-state index contributed by atoms with van der Waals surface area (Å²) >= 11 is 0. The number of aliphatic hydroxyl groups is 1. The summed E-state index contributed by atoms with van der Waals surface area (Å²) in [5.41, 5.74) is 4.63. The largest absolute Gasteiger partial charge is 0.383 e. The molecular weight excluding hydrogens is 94.0 g/mol. The molecular formula is C4H8NO2. The Morgan fingerprint density at radius 3 is 2.43 bits per heavy atom. The van der Waals surface area contributed by atoms with Crippen molar-refractivity contribution in [3.05, 3.63) is 6.42 Å². The Morgan fingerprint density at radius 1 is 2.00 bits per heavy atom. The molecule has 0 aromatic heterocycles. The second kappa shape index (κ2) is 2.58. The minimum atomic E-state index is -1.08. The summed E-state index contributed by atoms with van der Waals surface area (Å²) in [5, 5.41) is 8.41. The zero-order chi connectivity index (χ0) is 5.86. The number of carbonyl (C=O) groups is 1. The summed E-state index contributed by atoms with van der Waals surface area (Å²) in [5.74, 6) is -0.706. The van der Waals surface area contributed by atoms with Gasteiger partial charge in [-0.1, -0.05) is 6.92 Å². The van der Waals surface area contributed by atoms with Crippen LogP contribution in [0.25, 0.3) is 0 Å². The average Bonchev–Trinajstić information content (AvgIpc) is 1.65. The highest BCUT2D eigenvalue weighted by atomic mass is 16.3. The molecule has 0 heterocycles. The van der Waals surface area contributed by atoms with E-state index in [0.717, 1.165) is 0 Å². The van der Waals surface area contributed by atoms with Crippen LogP contribution < -0.4 is 5.73 Å². The molecule has 0 bridgehead atoms. The molecule has 3 heteroatoms. The third-order valence-electron chi connectivity index (χ3n) is 0.607. The molecule has 0 rings (SSSR count). The molecule has 1 radical (unpaired) electrons. The summed E-state index contributed by atoms with van der Waals surface area (Å²) in [4.78, 5) is 9.87. The number of aliphatic hydroxyl groups excluding tert-OH is 1. The molecule has 0 unspecified atom stereocenters. The molecule has 0 saturated carbocycles. The van der Waals surface area contributed by atoms with Crippen LogP contribution in [-0.4, -0.2) is 17.1 Å². The van der Waals surface area contributed by atoms with Gasteiger partial charge in [0.2, 0.25) is 5.91 Å². The fourth-order valence-electron chi connectivity index (χ4n) is 0.164. The lowest BCUT2D eigenvalue weighted by atomic mass is 10.3. The lowest BCUT2D eigenvalue weighted by Crippen LogP contribution is -2.27. The van der Waals surface area contributed by atoms with Gasteiger partial charge in [0.15, 0.2) is 0 Å². The lowest BCUT2D eigenvalue weighted by Gasteiger charge is -1.97. The van der Waals surface area contributed by atoms with Gasteiger partial charge in [0.1, 0.15) is 6.10 Å². The van der Waals surface area contributed by atoms with Crippen LogP contribution in [0.5, 0.6) is 0 Å². The maximum atomic E-state index is 9.87. The average molecular weight is 102 g/mol. The second-order valence-corrected chi connectivity index (χ2v) is 1.18. The predicted octanol–water partition coefficient (Wildman–Crippen LogP) is -0.943. The molecule has 0 aliphatic rings. The van der Waals surface area contributed by atoms with Crippen LogP contribution in [0.3, 0.4) is 0 Å². The van der Waals surface area contributed by atoms with Crippen molar-refractivity contribution in [1.82, 2.24) is 0 Å². The van der Waals surface area contributed by atoms with Gasteiger partial charge in [-0.15, -0.1) is 0 Å². The molecule has 0 aliphatic heterocycles. The number of primary amides is 1. The molecule has 0 spiro atoms. The summed E-state index contributed by atoms with van der Waals surface area (Å²) in [6, 6.07) is 0. The van der Waals surface area contributed by atoms with Gasteiger partial charge >= 0.3 is 0 Å². The Hall–Kier alpha value is -0.570. The van der Waals surface area contributed by atoms with Crippen molar-refractivity contribution >= 4 is 5.91 Å². The van der Waals surface area contributed by atoms with E-state index in [9.17, 15) is 4.79 Å². The van der Waals surface area contributed by atoms with Crippen molar-refractivity contribution in [3.8, 4) is 0 Å². The number of nitrogens with two attached hydrogens (primary N) is 1. The highest BCUT2D eigenvalue weighted by Crippen LogP contribution is 1.82. The van der Waals surface area contributed by atoms with Crippen molar-refractivity contribution in [2.24, 2.45) is 5.73 Å². The maximum Gasteiger partial charge on any atom is 0.246 e. The van der Waals surface area contributed by atoms with E-state index >= 15 is 0 Å². The van der Waals surface area contributed by atoms with Gasteiger partial charge in [-0.05, 0) is 6.42 Å². The highest BCUT2D eigenvalue weighted by molar-refractivity contribution is 5.79. The summed E-state index contributed by atoms with van der Waals surface area (Å²) in [6.45, 7) is 1.56.